The number of methoxy groups -OCH3 is 1. The summed E-state index contributed by atoms with van der Waals surface area (Å²) in [5.74, 6) is 1.12. The van der Waals surface area contributed by atoms with Crippen molar-refractivity contribution in [3.63, 3.8) is 0 Å². The van der Waals surface area contributed by atoms with Crippen LogP contribution in [0.4, 0.5) is 0 Å². The van der Waals surface area contributed by atoms with Crippen molar-refractivity contribution < 1.29 is 14.3 Å². The third-order valence-corrected chi connectivity index (χ3v) is 5.21. The lowest BCUT2D eigenvalue weighted by Crippen LogP contribution is -2.36. The van der Waals surface area contributed by atoms with Crippen LogP contribution in [0.2, 0.25) is 0 Å². The van der Waals surface area contributed by atoms with Gasteiger partial charge >= 0.3 is 0 Å². The number of rotatable bonds is 5. The van der Waals surface area contributed by atoms with Gasteiger partial charge in [0.15, 0.2) is 0 Å². The molecule has 1 aliphatic rings. The van der Waals surface area contributed by atoms with Crippen LogP contribution < -0.4 is 10.1 Å². The summed E-state index contributed by atoms with van der Waals surface area (Å²) in [6.45, 7) is 3.35. The number of amides is 1. The smallest absolute Gasteiger partial charge is 0.254 e. The van der Waals surface area contributed by atoms with Crippen LogP contribution in [-0.2, 0) is 4.74 Å². The van der Waals surface area contributed by atoms with E-state index in [1.165, 1.54) is 11.5 Å². The number of hydrogen-bond acceptors (Lipinski definition) is 5. The topological polar surface area (TPSA) is 60.5 Å². The molecule has 1 aliphatic heterocycles. The molecule has 1 aromatic heterocycles. The fraction of sp³-hybridized carbons (Fsp3) is 0.444. The monoisotopic (exact) mass is 346 g/mol. The molecule has 1 atom stereocenters. The predicted octanol–water partition coefficient (Wildman–Crippen LogP) is 3.36. The summed E-state index contributed by atoms with van der Waals surface area (Å²) in [4.78, 5) is 12.7. The first kappa shape index (κ1) is 16.9. The molecule has 128 valence electrons. The molecule has 6 heteroatoms. The molecule has 0 bridgehead atoms. The van der Waals surface area contributed by atoms with Gasteiger partial charge in [0, 0.05) is 18.6 Å². The third-order valence-electron chi connectivity index (χ3n) is 4.49. The zero-order valence-corrected chi connectivity index (χ0v) is 14.8. The SMILES string of the molecule is COc1ccc([C@H](NC(=O)c2csnc2C)C2CCOCC2)cc1. The van der Waals surface area contributed by atoms with Crippen molar-refractivity contribution in [1.82, 2.24) is 9.69 Å². The molecular weight excluding hydrogens is 324 g/mol. The van der Waals surface area contributed by atoms with Gasteiger partial charge in [-0.05, 0) is 54.9 Å². The van der Waals surface area contributed by atoms with Crippen LogP contribution in [0.1, 0.15) is 40.5 Å². The number of aromatic nitrogens is 1. The zero-order valence-electron chi connectivity index (χ0n) is 14.0. The fourth-order valence-electron chi connectivity index (χ4n) is 3.06. The lowest BCUT2D eigenvalue weighted by molar-refractivity contribution is 0.0514. The van der Waals surface area contributed by atoms with Crippen molar-refractivity contribution in [3.8, 4) is 5.75 Å². The summed E-state index contributed by atoms with van der Waals surface area (Å²) in [6, 6.07) is 7.89. The number of aryl methyl sites for hydroxylation is 1. The van der Waals surface area contributed by atoms with Gasteiger partial charge in [-0.2, -0.15) is 4.37 Å². The van der Waals surface area contributed by atoms with E-state index in [0.717, 1.165) is 43.1 Å². The van der Waals surface area contributed by atoms with E-state index in [0.29, 0.717) is 11.5 Å². The molecule has 1 fully saturated rings. The predicted molar refractivity (Wildman–Crippen MR) is 93.6 cm³/mol. The van der Waals surface area contributed by atoms with Gasteiger partial charge in [0.1, 0.15) is 5.75 Å². The summed E-state index contributed by atoms with van der Waals surface area (Å²) in [7, 11) is 1.65. The van der Waals surface area contributed by atoms with Gasteiger partial charge in [-0.3, -0.25) is 4.79 Å². The molecule has 5 nitrogen and oxygen atoms in total. The maximum atomic E-state index is 12.7. The zero-order chi connectivity index (χ0) is 16.9. The molecule has 0 aliphatic carbocycles. The average molecular weight is 346 g/mol. The molecule has 1 saturated heterocycles. The minimum absolute atomic E-state index is 0.0355. The molecule has 2 aromatic rings. The second-order valence-corrected chi connectivity index (χ2v) is 6.62. The lowest BCUT2D eigenvalue weighted by Gasteiger charge is -2.31. The first-order valence-corrected chi connectivity index (χ1v) is 8.96. The van der Waals surface area contributed by atoms with Gasteiger partial charge in [-0.1, -0.05) is 12.1 Å². The lowest BCUT2D eigenvalue weighted by atomic mass is 9.87. The molecule has 0 unspecified atom stereocenters. The molecule has 3 rings (SSSR count). The number of carbonyl (C=O) groups excluding carboxylic acids is 1. The van der Waals surface area contributed by atoms with E-state index >= 15 is 0 Å². The second-order valence-electron chi connectivity index (χ2n) is 5.99. The molecule has 0 saturated carbocycles. The van der Waals surface area contributed by atoms with E-state index in [1.807, 2.05) is 31.2 Å². The Kier molecular flexibility index (Phi) is 5.48. The van der Waals surface area contributed by atoms with Crippen LogP contribution in [-0.4, -0.2) is 30.6 Å². The summed E-state index contributed by atoms with van der Waals surface area (Å²) >= 11 is 1.31. The summed E-state index contributed by atoms with van der Waals surface area (Å²) in [5, 5.41) is 5.02. The Balaban J connectivity index is 1.83. The maximum Gasteiger partial charge on any atom is 0.254 e. The standard InChI is InChI=1S/C18H22N2O3S/c1-12-16(11-24-20-12)18(21)19-17(14-7-9-23-10-8-14)13-3-5-15(22-2)6-4-13/h3-6,11,14,17H,7-10H2,1-2H3,(H,19,21)/t17-/m0/s1. The van der Waals surface area contributed by atoms with E-state index in [9.17, 15) is 4.79 Å². The van der Waals surface area contributed by atoms with E-state index in [1.54, 1.807) is 12.5 Å². The van der Waals surface area contributed by atoms with Gasteiger partial charge in [0.25, 0.3) is 5.91 Å². The highest BCUT2D eigenvalue weighted by atomic mass is 32.1. The van der Waals surface area contributed by atoms with Gasteiger partial charge in [0.2, 0.25) is 0 Å². The maximum absolute atomic E-state index is 12.7. The molecule has 2 heterocycles. The Hall–Kier alpha value is -1.92. The Morgan fingerprint density at radius 2 is 2.04 bits per heavy atom. The molecule has 1 aromatic carbocycles. The Bertz CT molecular complexity index is 678. The average Bonchev–Trinajstić information content (AvgIpc) is 3.06. The number of hydrogen-bond donors (Lipinski definition) is 1. The highest BCUT2D eigenvalue weighted by molar-refractivity contribution is 7.03. The second kappa shape index (κ2) is 7.77. The number of benzene rings is 1. The van der Waals surface area contributed by atoms with Gasteiger partial charge in [-0.15, -0.1) is 0 Å². The quantitative estimate of drug-likeness (QED) is 0.902. The fourth-order valence-corrected chi connectivity index (χ4v) is 3.76. The van der Waals surface area contributed by atoms with Crippen LogP contribution in [0.25, 0.3) is 0 Å². The number of nitrogens with zero attached hydrogens (tertiary/aromatic N) is 1. The third kappa shape index (κ3) is 3.76. The Morgan fingerprint density at radius 3 is 2.62 bits per heavy atom. The van der Waals surface area contributed by atoms with Crippen LogP contribution in [0.5, 0.6) is 5.75 Å². The van der Waals surface area contributed by atoms with E-state index < -0.39 is 0 Å². The molecule has 1 amide bonds. The van der Waals surface area contributed by atoms with E-state index in [-0.39, 0.29) is 11.9 Å². The van der Waals surface area contributed by atoms with Gasteiger partial charge < -0.3 is 14.8 Å². The van der Waals surface area contributed by atoms with Crippen molar-refractivity contribution >= 4 is 17.4 Å². The van der Waals surface area contributed by atoms with Crippen LogP contribution in [0.15, 0.2) is 29.6 Å². The normalized spacial score (nSPS) is 16.6. The Labute approximate surface area is 146 Å². The van der Waals surface area contributed by atoms with Crippen LogP contribution in [0, 0.1) is 12.8 Å². The molecule has 0 radical (unpaired) electrons. The summed E-state index contributed by atoms with van der Waals surface area (Å²) in [6.07, 6.45) is 1.88. The van der Waals surface area contributed by atoms with Crippen molar-refractivity contribution in [3.05, 3.63) is 46.5 Å². The highest BCUT2D eigenvalue weighted by Gasteiger charge is 2.28. The largest absolute Gasteiger partial charge is 0.497 e. The van der Waals surface area contributed by atoms with Crippen molar-refractivity contribution in [2.75, 3.05) is 20.3 Å². The summed E-state index contributed by atoms with van der Waals surface area (Å²) in [5.41, 5.74) is 2.53. The molecule has 0 spiro atoms. The first-order chi connectivity index (χ1) is 11.7. The Morgan fingerprint density at radius 1 is 1.33 bits per heavy atom. The minimum atomic E-state index is -0.0615. The van der Waals surface area contributed by atoms with E-state index in [2.05, 4.69) is 9.69 Å². The molecule has 24 heavy (non-hydrogen) atoms. The van der Waals surface area contributed by atoms with Crippen molar-refractivity contribution in [2.45, 2.75) is 25.8 Å². The van der Waals surface area contributed by atoms with Gasteiger partial charge in [-0.25, -0.2) is 0 Å². The number of nitrogens with one attached hydrogen (secondary N) is 1. The van der Waals surface area contributed by atoms with Crippen LogP contribution >= 0.6 is 11.5 Å². The van der Waals surface area contributed by atoms with Crippen LogP contribution in [0.3, 0.4) is 0 Å². The van der Waals surface area contributed by atoms with Gasteiger partial charge in [0.05, 0.1) is 24.4 Å². The molecule has 1 N–H and O–H groups in total. The molecular formula is C18H22N2O3S. The van der Waals surface area contributed by atoms with Crippen molar-refractivity contribution in [2.24, 2.45) is 5.92 Å². The van der Waals surface area contributed by atoms with Crippen molar-refractivity contribution in [1.29, 1.82) is 0 Å². The minimum Gasteiger partial charge on any atom is -0.497 e. The highest BCUT2D eigenvalue weighted by Crippen LogP contribution is 2.31. The van der Waals surface area contributed by atoms with E-state index in [4.69, 9.17) is 9.47 Å². The number of ether oxygens (including phenoxy) is 2. The number of carbonyl (C=O) groups is 1. The first-order valence-electron chi connectivity index (χ1n) is 8.12. The summed E-state index contributed by atoms with van der Waals surface area (Å²) < 4.78 is 14.9.